The fourth-order valence-electron chi connectivity index (χ4n) is 2.24. The second-order valence-electron chi connectivity index (χ2n) is 4.75. The van der Waals surface area contributed by atoms with E-state index in [1.54, 1.807) is 26.4 Å². The largest absolute Gasteiger partial charge is 0.497 e. The molecule has 0 aliphatic carbocycles. The average Bonchev–Trinajstić information content (AvgIpc) is 2.91. The zero-order chi connectivity index (χ0) is 14.5. The van der Waals surface area contributed by atoms with Crippen LogP contribution in [0.5, 0.6) is 11.5 Å². The van der Waals surface area contributed by atoms with Crippen LogP contribution in [-0.4, -0.2) is 43.9 Å². The van der Waals surface area contributed by atoms with Crippen molar-refractivity contribution in [2.75, 3.05) is 20.8 Å². The Labute approximate surface area is 118 Å². The van der Waals surface area contributed by atoms with Gasteiger partial charge in [0.2, 0.25) is 5.91 Å². The van der Waals surface area contributed by atoms with E-state index in [4.69, 9.17) is 9.47 Å². The summed E-state index contributed by atoms with van der Waals surface area (Å²) in [6, 6.07) is 5.11. The average molecular weight is 280 g/mol. The number of carbonyl (C=O) groups is 1. The fraction of sp³-hybridized carbons (Fsp3) is 0.500. The zero-order valence-electron chi connectivity index (χ0n) is 11.7. The second-order valence-corrected chi connectivity index (χ2v) is 4.75. The molecule has 2 rings (SSSR count). The zero-order valence-corrected chi connectivity index (χ0v) is 11.7. The van der Waals surface area contributed by atoms with Crippen LogP contribution in [0.3, 0.4) is 0 Å². The van der Waals surface area contributed by atoms with Gasteiger partial charge in [-0.25, -0.2) is 0 Å². The fourth-order valence-corrected chi connectivity index (χ4v) is 2.24. The molecule has 1 aromatic carbocycles. The molecule has 1 saturated heterocycles. The molecule has 2 atom stereocenters. The van der Waals surface area contributed by atoms with E-state index in [1.807, 2.05) is 6.07 Å². The van der Waals surface area contributed by atoms with Crippen molar-refractivity contribution in [3.63, 3.8) is 0 Å². The van der Waals surface area contributed by atoms with Crippen molar-refractivity contribution >= 4 is 5.91 Å². The van der Waals surface area contributed by atoms with Crippen LogP contribution < -0.4 is 20.1 Å². The van der Waals surface area contributed by atoms with Gasteiger partial charge in [-0.1, -0.05) is 0 Å². The highest BCUT2D eigenvalue weighted by Crippen LogP contribution is 2.23. The number of aliphatic hydroxyl groups excluding tert-OH is 1. The summed E-state index contributed by atoms with van der Waals surface area (Å²) in [5.41, 5.74) is 0.846. The monoisotopic (exact) mass is 280 g/mol. The molecule has 1 heterocycles. The molecule has 6 heteroatoms. The smallest absolute Gasteiger partial charge is 0.237 e. The van der Waals surface area contributed by atoms with Crippen LogP contribution in [0.1, 0.15) is 12.0 Å². The van der Waals surface area contributed by atoms with Crippen LogP contribution in [0.15, 0.2) is 18.2 Å². The summed E-state index contributed by atoms with van der Waals surface area (Å²) in [7, 11) is 3.18. The summed E-state index contributed by atoms with van der Waals surface area (Å²) in [5, 5.41) is 15.2. The molecule has 20 heavy (non-hydrogen) atoms. The standard InChI is InChI=1S/C14H20N2O4/c1-19-11-3-4-13(20-2)9(5-11)7-16-14(18)12-6-10(17)8-15-12/h3-5,10,12,15,17H,6-8H2,1-2H3,(H,16,18). The second kappa shape index (κ2) is 6.58. The maximum absolute atomic E-state index is 12.0. The Kier molecular flexibility index (Phi) is 4.81. The highest BCUT2D eigenvalue weighted by molar-refractivity contribution is 5.82. The van der Waals surface area contributed by atoms with E-state index in [2.05, 4.69) is 10.6 Å². The van der Waals surface area contributed by atoms with Gasteiger partial charge in [0.1, 0.15) is 11.5 Å². The van der Waals surface area contributed by atoms with E-state index in [1.165, 1.54) is 0 Å². The Morgan fingerprint density at radius 3 is 2.85 bits per heavy atom. The Balaban J connectivity index is 1.97. The summed E-state index contributed by atoms with van der Waals surface area (Å²) in [4.78, 5) is 12.0. The first kappa shape index (κ1) is 14.6. The predicted octanol–water partition coefficient (Wildman–Crippen LogP) is 0.0428. The molecule has 1 aliphatic heterocycles. The Bertz CT molecular complexity index is 478. The van der Waals surface area contributed by atoms with Gasteiger partial charge in [-0.05, 0) is 24.6 Å². The van der Waals surface area contributed by atoms with Gasteiger partial charge in [-0.15, -0.1) is 0 Å². The van der Waals surface area contributed by atoms with E-state index >= 15 is 0 Å². The number of carbonyl (C=O) groups excluding carboxylic acids is 1. The van der Waals surface area contributed by atoms with Crippen LogP contribution in [0, 0.1) is 0 Å². The molecule has 3 N–H and O–H groups in total. The molecule has 0 aromatic heterocycles. The number of nitrogens with one attached hydrogen (secondary N) is 2. The van der Waals surface area contributed by atoms with Crippen molar-refractivity contribution in [1.82, 2.24) is 10.6 Å². The van der Waals surface area contributed by atoms with Gasteiger partial charge in [-0.3, -0.25) is 4.79 Å². The maximum Gasteiger partial charge on any atom is 0.237 e. The number of rotatable bonds is 5. The molecule has 0 bridgehead atoms. The minimum Gasteiger partial charge on any atom is -0.497 e. The number of hydrogen-bond donors (Lipinski definition) is 3. The Morgan fingerprint density at radius 1 is 1.45 bits per heavy atom. The number of β-amino-alcohol motifs (C(OH)–C–C–N with tert-alkyl or cyclic N) is 1. The van der Waals surface area contributed by atoms with E-state index in [9.17, 15) is 9.90 Å². The first-order chi connectivity index (χ1) is 9.63. The van der Waals surface area contributed by atoms with Crippen LogP contribution >= 0.6 is 0 Å². The molecule has 1 aliphatic rings. The third-order valence-electron chi connectivity index (χ3n) is 3.36. The van der Waals surface area contributed by atoms with E-state index in [0.29, 0.717) is 31.0 Å². The van der Waals surface area contributed by atoms with Crippen LogP contribution in [0.2, 0.25) is 0 Å². The number of amides is 1. The van der Waals surface area contributed by atoms with Gasteiger partial charge in [0.15, 0.2) is 0 Å². The summed E-state index contributed by atoms with van der Waals surface area (Å²) < 4.78 is 10.4. The first-order valence-electron chi connectivity index (χ1n) is 6.54. The number of hydrogen-bond acceptors (Lipinski definition) is 5. The molecular formula is C14H20N2O4. The summed E-state index contributed by atoms with van der Waals surface area (Å²) in [6.45, 7) is 0.814. The van der Waals surface area contributed by atoms with Gasteiger partial charge in [0.05, 0.1) is 26.4 Å². The summed E-state index contributed by atoms with van der Waals surface area (Å²) >= 11 is 0. The summed E-state index contributed by atoms with van der Waals surface area (Å²) in [5.74, 6) is 1.29. The highest BCUT2D eigenvalue weighted by atomic mass is 16.5. The molecule has 1 amide bonds. The molecule has 0 radical (unpaired) electrons. The predicted molar refractivity (Wildman–Crippen MR) is 73.8 cm³/mol. The van der Waals surface area contributed by atoms with E-state index < -0.39 is 6.10 Å². The van der Waals surface area contributed by atoms with E-state index in [-0.39, 0.29) is 11.9 Å². The lowest BCUT2D eigenvalue weighted by Crippen LogP contribution is -2.40. The molecule has 1 aromatic rings. The quantitative estimate of drug-likeness (QED) is 0.710. The minimum atomic E-state index is -0.447. The molecule has 1 fully saturated rings. The SMILES string of the molecule is COc1ccc(OC)c(CNC(=O)C2CC(O)CN2)c1. The van der Waals surface area contributed by atoms with Gasteiger partial charge in [0, 0.05) is 18.7 Å². The Hall–Kier alpha value is -1.79. The highest BCUT2D eigenvalue weighted by Gasteiger charge is 2.27. The van der Waals surface area contributed by atoms with Crippen molar-refractivity contribution in [2.24, 2.45) is 0 Å². The van der Waals surface area contributed by atoms with Crippen molar-refractivity contribution < 1.29 is 19.4 Å². The molecule has 2 unspecified atom stereocenters. The van der Waals surface area contributed by atoms with Gasteiger partial charge in [-0.2, -0.15) is 0 Å². The van der Waals surface area contributed by atoms with Crippen molar-refractivity contribution in [3.05, 3.63) is 23.8 Å². The lowest BCUT2D eigenvalue weighted by molar-refractivity contribution is -0.123. The minimum absolute atomic E-state index is 0.119. The van der Waals surface area contributed by atoms with Crippen LogP contribution in [-0.2, 0) is 11.3 Å². The lowest BCUT2D eigenvalue weighted by Gasteiger charge is -2.14. The lowest BCUT2D eigenvalue weighted by atomic mass is 10.1. The van der Waals surface area contributed by atoms with Gasteiger partial charge >= 0.3 is 0 Å². The van der Waals surface area contributed by atoms with Crippen LogP contribution in [0.4, 0.5) is 0 Å². The number of ether oxygens (including phenoxy) is 2. The normalized spacial score (nSPS) is 21.6. The van der Waals surface area contributed by atoms with Gasteiger partial charge < -0.3 is 25.2 Å². The molecular weight excluding hydrogens is 260 g/mol. The number of benzene rings is 1. The molecule has 110 valence electrons. The van der Waals surface area contributed by atoms with Gasteiger partial charge in [0.25, 0.3) is 0 Å². The number of aliphatic hydroxyl groups is 1. The molecule has 0 saturated carbocycles. The van der Waals surface area contributed by atoms with Crippen LogP contribution in [0.25, 0.3) is 0 Å². The van der Waals surface area contributed by atoms with Crippen molar-refractivity contribution in [2.45, 2.75) is 25.1 Å². The van der Waals surface area contributed by atoms with Crippen molar-refractivity contribution in [1.29, 1.82) is 0 Å². The van der Waals surface area contributed by atoms with Crippen molar-refractivity contribution in [3.8, 4) is 11.5 Å². The third kappa shape index (κ3) is 3.40. The topological polar surface area (TPSA) is 79.8 Å². The summed E-state index contributed by atoms with van der Waals surface area (Å²) in [6.07, 6.45) is -0.00161. The first-order valence-corrected chi connectivity index (χ1v) is 6.54. The Morgan fingerprint density at radius 2 is 2.25 bits per heavy atom. The molecule has 6 nitrogen and oxygen atoms in total. The number of methoxy groups -OCH3 is 2. The van der Waals surface area contributed by atoms with E-state index in [0.717, 1.165) is 5.56 Å². The third-order valence-corrected chi connectivity index (χ3v) is 3.36. The maximum atomic E-state index is 12.0. The molecule has 0 spiro atoms.